The number of fused-ring (bicyclic) bond motifs is 2. The molecular formula is C12H19ClN2S. The van der Waals surface area contributed by atoms with Crippen molar-refractivity contribution >= 4 is 23.7 Å². The van der Waals surface area contributed by atoms with Gasteiger partial charge in [-0.25, -0.2) is 0 Å². The largest absolute Gasteiger partial charge is 0.310 e. The minimum Gasteiger partial charge on any atom is -0.310 e. The van der Waals surface area contributed by atoms with Gasteiger partial charge in [0.25, 0.3) is 0 Å². The topological polar surface area (TPSA) is 15.3 Å². The third kappa shape index (κ3) is 2.77. The highest BCUT2D eigenvalue weighted by molar-refractivity contribution is 7.07. The smallest absolute Gasteiger partial charge is 0.0242 e. The molecule has 0 aromatic carbocycles. The summed E-state index contributed by atoms with van der Waals surface area (Å²) in [4.78, 5) is 2.61. The van der Waals surface area contributed by atoms with Crippen molar-refractivity contribution in [1.82, 2.24) is 10.2 Å². The Bertz CT molecular complexity index is 315. The van der Waals surface area contributed by atoms with Gasteiger partial charge in [0.1, 0.15) is 0 Å². The Hall–Kier alpha value is -0.0900. The summed E-state index contributed by atoms with van der Waals surface area (Å²) in [5, 5.41) is 8.18. The van der Waals surface area contributed by atoms with Crippen LogP contribution in [0.4, 0.5) is 0 Å². The average Bonchev–Trinajstić information content (AvgIpc) is 2.80. The van der Waals surface area contributed by atoms with Gasteiger partial charge in [0.05, 0.1) is 0 Å². The Morgan fingerprint density at radius 2 is 2.19 bits per heavy atom. The fraction of sp³-hybridized carbons (Fsp3) is 0.667. The lowest BCUT2D eigenvalue weighted by Gasteiger charge is -2.23. The molecule has 2 unspecified atom stereocenters. The highest BCUT2D eigenvalue weighted by Crippen LogP contribution is 2.21. The van der Waals surface area contributed by atoms with E-state index in [0.717, 1.165) is 18.6 Å². The maximum Gasteiger partial charge on any atom is 0.0242 e. The van der Waals surface area contributed by atoms with Crippen LogP contribution in [-0.4, -0.2) is 30.1 Å². The van der Waals surface area contributed by atoms with E-state index in [9.17, 15) is 0 Å². The minimum atomic E-state index is 0. The SMILES string of the molecule is Cl.c1cc(CN2CCC3CCC(C2)N3)cs1. The average molecular weight is 259 g/mol. The molecule has 0 amide bonds. The van der Waals surface area contributed by atoms with Crippen LogP contribution in [0.1, 0.15) is 24.8 Å². The van der Waals surface area contributed by atoms with E-state index in [2.05, 4.69) is 27.0 Å². The first-order valence-corrected chi connectivity index (χ1v) is 6.84. The third-order valence-electron chi connectivity index (χ3n) is 3.59. The van der Waals surface area contributed by atoms with E-state index < -0.39 is 0 Å². The second-order valence-corrected chi connectivity index (χ2v) is 5.57. The molecule has 2 fully saturated rings. The van der Waals surface area contributed by atoms with Crippen molar-refractivity contribution in [3.8, 4) is 0 Å². The Morgan fingerprint density at radius 3 is 3.00 bits per heavy atom. The second kappa shape index (κ2) is 5.50. The van der Waals surface area contributed by atoms with Crippen LogP contribution in [0, 0.1) is 0 Å². The molecule has 1 N–H and O–H groups in total. The molecule has 2 nitrogen and oxygen atoms in total. The van der Waals surface area contributed by atoms with Gasteiger partial charge in [-0.05, 0) is 41.7 Å². The summed E-state index contributed by atoms with van der Waals surface area (Å²) < 4.78 is 0. The minimum absolute atomic E-state index is 0. The van der Waals surface area contributed by atoms with Crippen molar-refractivity contribution in [3.05, 3.63) is 22.4 Å². The van der Waals surface area contributed by atoms with Gasteiger partial charge in [0.2, 0.25) is 0 Å². The molecular weight excluding hydrogens is 240 g/mol. The fourth-order valence-electron chi connectivity index (χ4n) is 2.80. The number of rotatable bonds is 2. The van der Waals surface area contributed by atoms with E-state index in [1.807, 2.05) is 0 Å². The number of halogens is 1. The first-order valence-electron chi connectivity index (χ1n) is 5.89. The number of thiophene rings is 1. The quantitative estimate of drug-likeness (QED) is 0.877. The molecule has 1 aromatic rings. The Morgan fingerprint density at radius 1 is 1.31 bits per heavy atom. The Labute approximate surface area is 107 Å². The van der Waals surface area contributed by atoms with Gasteiger partial charge in [-0.2, -0.15) is 11.3 Å². The summed E-state index contributed by atoms with van der Waals surface area (Å²) in [5.74, 6) is 0. The van der Waals surface area contributed by atoms with Crippen LogP contribution in [0.2, 0.25) is 0 Å². The van der Waals surface area contributed by atoms with Gasteiger partial charge in [-0.1, -0.05) is 0 Å². The zero-order valence-electron chi connectivity index (χ0n) is 9.39. The highest BCUT2D eigenvalue weighted by Gasteiger charge is 2.28. The van der Waals surface area contributed by atoms with Crippen molar-refractivity contribution in [2.75, 3.05) is 13.1 Å². The summed E-state index contributed by atoms with van der Waals surface area (Å²) >= 11 is 1.81. The summed E-state index contributed by atoms with van der Waals surface area (Å²) in [7, 11) is 0. The predicted octanol–water partition coefficient (Wildman–Crippen LogP) is 2.50. The van der Waals surface area contributed by atoms with Gasteiger partial charge in [-0.15, -0.1) is 12.4 Å². The van der Waals surface area contributed by atoms with Crippen molar-refractivity contribution in [1.29, 1.82) is 0 Å². The number of hydrogen-bond donors (Lipinski definition) is 1. The molecule has 2 atom stereocenters. The van der Waals surface area contributed by atoms with Crippen molar-refractivity contribution in [2.45, 2.75) is 37.9 Å². The van der Waals surface area contributed by atoms with Crippen LogP contribution in [-0.2, 0) is 6.54 Å². The molecule has 3 heterocycles. The van der Waals surface area contributed by atoms with Gasteiger partial charge >= 0.3 is 0 Å². The number of nitrogens with one attached hydrogen (secondary N) is 1. The molecule has 2 bridgehead atoms. The lowest BCUT2D eigenvalue weighted by Crippen LogP contribution is -2.34. The van der Waals surface area contributed by atoms with E-state index >= 15 is 0 Å². The molecule has 2 aliphatic rings. The second-order valence-electron chi connectivity index (χ2n) is 4.79. The molecule has 0 saturated carbocycles. The molecule has 2 saturated heterocycles. The van der Waals surface area contributed by atoms with E-state index in [1.165, 1.54) is 37.9 Å². The first-order chi connectivity index (χ1) is 7.40. The maximum absolute atomic E-state index is 3.72. The molecule has 90 valence electrons. The molecule has 1 aromatic heterocycles. The van der Waals surface area contributed by atoms with E-state index in [0.29, 0.717) is 0 Å². The van der Waals surface area contributed by atoms with Crippen LogP contribution in [0.5, 0.6) is 0 Å². The number of likely N-dealkylation sites (tertiary alicyclic amines) is 1. The predicted molar refractivity (Wildman–Crippen MR) is 71.4 cm³/mol. The monoisotopic (exact) mass is 258 g/mol. The molecule has 0 aliphatic carbocycles. The lowest BCUT2D eigenvalue weighted by molar-refractivity contribution is 0.251. The molecule has 0 spiro atoms. The van der Waals surface area contributed by atoms with E-state index in [-0.39, 0.29) is 12.4 Å². The lowest BCUT2D eigenvalue weighted by atomic mass is 10.1. The summed E-state index contributed by atoms with van der Waals surface area (Å²) in [6.07, 6.45) is 4.11. The third-order valence-corrected chi connectivity index (χ3v) is 4.33. The van der Waals surface area contributed by atoms with Gasteiger partial charge in [0.15, 0.2) is 0 Å². The summed E-state index contributed by atoms with van der Waals surface area (Å²) in [6.45, 7) is 3.66. The van der Waals surface area contributed by atoms with E-state index in [1.54, 1.807) is 11.3 Å². The zero-order chi connectivity index (χ0) is 10.1. The molecule has 16 heavy (non-hydrogen) atoms. The van der Waals surface area contributed by atoms with Crippen molar-refractivity contribution in [2.24, 2.45) is 0 Å². The maximum atomic E-state index is 3.72. The van der Waals surface area contributed by atoms with Crippen LogP contribution < -0.4 is 5.32 Å². The van der Waals surface area contributed by atoms with Crippen molar-refractivity contribution < 1.29 is 0 Å². The van der Waals surface area contributed by atoms with Crippen LogP contribution in [0.3, 0.4) is 0 Å². The van der Waals surface area contributed by atoms with Gasteiger partial charge in [-0.3, -0.25) is 4.90 Å². The standard InChI is InChI=1S/C12H18N2S.ClH/c1-2-12-8-14(5-3-11(1)13-12)7-10-4-6-15-9-10;/h4,6,9,11-13H,1-3,5,7-8H2;1H. The van der Waals surface area contributed by atoms with Crippen LogP contribution in [0.25, 0.3) is 0 Å². The Balaban J connectivity index is 0.000000963. The molecule has 3 rings (SSSR count). The summed E-state index contributed by atoms with van der Waals surface area (Å²) in [6, 6.07) is 3.82. The number of nitrogens with zero attached hydrogens (tertiary/aromatic N) is 1. The zero-order valence-corrected chi connectivity index (χ0v) is 11.0. The molecule has 2 aliphatic heterocycles. The first kappa shape index (κ1) is 12.4. The van der Waals surface area contributed by atoms with E-state index in [4.69, 9.17) is 0 Å². The normalized spacial score (nSPS) is 29.8. The Kier molecular flexibility index (Phi) is 4.25. The van der Waals surface area contributed by atoms with Crippen LogP contribution >= 0.6 is 23.7 Å². The number of hydrogen-bond acceptors (Lipinski definition) is 3. The summed E-state index contributed by atoms with van der Waals surface area (Å²) in [5.41, 5.74) is 1.48. The van der Waals surface area contributed by atoms with Gasteiger partial charge in [0, 0.05) is 31.7 Å². The van der Waals surface area contributed by atoms with Crippen molar-refractivity contribution in [3.63, 3.8) is 0 Å². The molecule has 0 radical (unpaired) electrons. The molecule has 4 heteroatoms. The fourth-order valence-corrected chi connectivity index (χ4v) is 3.46. The van der Waals surface area contributed by atoms with Crippen LogP contribution in [0.15, 0.2) is 16.8 Å². The van der Waals surface area contributed by atoms with Gasteiger partial charge < -0.3 is 5.32 Å². The highest BCUT2D eigenvalue weighted by atomic mass is 35.5.